The van der Waals surface area contributed by atoms with Gasteiger partial charge in [0.05, 0.1) is 0 Å². The molecule has 0 fully saturated rings. The van der Waals surface area contributed by atoms with Gasteiger partial charge < -0.3 is 0 Å². The molecule has 0 amide bonds. The van der Waals surface area contributed by atoms with E-state index < -0.39 is 0 Å². The van der Waals surface area contributed by atoms with Crippen LogP contribution in [0.5, 0.6) is 0 Å². The topological polar surface area (TPSA) is 0 Å². The Labute approximate surface area is 124 Å². The van der Waals surface area contributed by atoms with Gasteiger partial charge in [0.15, 0.2) is 0 Å². The summed E-state index contributed by atoms with van der Waals surface area (Å²) in [7, 11) is 0. The maximum absolute atomic E-state index is 4.22. The molecule has 0 aromatic rings. The molecule has 0 aromatic carbocycles. The van der Waals surface area contributed by atoms with Gasteiger partial charge in [-0.15, -0.1) is 0 Å². The summed E-state index contributed by atoms with van der Waals surface area (Å²) in [6.45, 7) is 2.28. The van der Waals surface area contributed by atoms with Gasteiger partial charge in [0.2, 0.25) is 0 Å². The second kappa shape index (κ2) is 18.5. The normalized spacial score (nSPS) is 10.1. The molecule has 0 saturated heterocycles. The van der Waals surface area contributed by atoms with Gasteiger partial charge in [-0.05, 0) is 12.2 Å². The van der Waals surface area contributed by atoms with Gasteiger partial charge in [-0.25, -0.2) is 0 Å². The summed E-state index contributed by atoms with van der Waals surface area (Å²) in [6.07, 6.45) is 17.2. The summed E-state index contributed by atoms with van der Waals surface area (Å²) in [5.74, 6) is 1.07. The minimum absolute atomic E-state index is 0. The smallest absolute Gasteiger partial charge is 0.179 e. The van der Waals surface area contributed by atoms with Crippen molar-refractivity contribution in [3.05, 3.63) is 0 Å². The van der Waals surface area contributed by atoms with Crippen LogP contribution < -0.4 is 0 Å². The van der Waals surface area contributed by atoms with Gasteiger partial charge in [-0.1, -0.05) is 77.6 Å². The van der Waals surface area contributed by atoms with Crippen LogP contribution in [-0.2, 0) is 22.4 Å². The molecule has 0 aliphatic heterocycles. The summed E-state index contributed by atoms with van der Waals surface area (Å²) in [5.41, 5.74) is 0. The van der Waals surface area contributed by atoms with E-state index in [4.69, 9.17) is 0 Å². The molecule has 0 unspecified atom stereocenters. The molecule has 102 valence electrons. The summed E-state index contributed by atoms with van der Waals surface area (Å²) in [4.78, 5) is 0. The molecular weight excluding hydrogens is 397 g/mol. The van der Waals surface area contributed by atoms with E-state index in [2.05, 4.69) is 19.6 Å². The Morgan fingerprint density at radius 2 is 0.875 bits per heavy atom. The number of rotatable bonds is 12. The van der Waals surface area contributed by atoms with Crippen LogP contribution in [0.2, 0.25) is 0 Å². The minimum atomic E-state index is 0. The molecule has 0 atom stereocenters. The predicted octanol–water partition coefficient (Wildman–Crippen LogP) is 5.61. The van der Waals surface area contributed by atoms with E-state index in [0.29, 0.717) is 0 Å². The van der Waals surface area contributed by atoms with E-state index in [-0.39, 0.29) is 22.4 Å². The summed E-state index contributed by atoms with van der Waals surface area (Å²) in [5, 5.41) is 0. The van der Waals surface area contributed by atoms with Crippen LogP contribution in [0.4, 0.5) is 0 Å². The van der Waals surface area contributed by atoms with Crippen molar-refractivity contribution in [3.8, 4) is 0 Å². The average molecular weight is 427 g/mol. The average Bonchev–Trinajstić information content (AvgIpc) is 2.26. The number of hydrogen-bond donors (Lipinski definition) is 1. The molecule has 0 N–H and O–H groups in total. The molecule has 0 aliphatic rings. The van der Waals surface area contributed by atoms with E-state index in [9.17, 15) is 0 Å². The molecular formula is C14H30AuS+. The van der Waals surface area contributed by atoms with E-state index >= 15 is 0 Å². The van der Waals surface area contributed by atoms with Gasteiger partial charge in [0.1, 0.15) is 0 Å². The first-order valence-corrected chi connectivity index (χ1v) is 7.66. The van der Waals surface area contributed by atoms with Gasteiger partial charge >= 0.3 is 22.4 Å². The molecule has 0 saturated carbocycles. The van der Waals surface area contributed by atoms with E-state index in [0.717, 1.165) is 5.75 Å². The Hall–Kier alpha value is 1.09. The molecule has 0 aromatic heterocycles. The van der Waals surface area contributed by atoms with E-state index in [1.807, 2.05) is 0 Å². The van der Waals surface area contributed by atoms with Crippen molar-refractivity contribution in [3.63, 3.8) is 0 Å². The second-order valence-corrected chi connectivity index (χ2v) is 5.06. The summed E-state index contributed by atoms with van der Waals surface area (Å²) >= 11 is 4.22. The largest absolute Gasteiger partial charge is 1.00 e. The van der Waals surface area contributed by atoms with Crippen molar-refractivity contribution < 1.29 is 22.4 Å². The fourth-order valence-corrected chi connectivity index (χ4v) is 2.18. The maximum atomic E-state index is 4.22. The number of hydrogen-bond acceptors (Lipinski definition) is 1. The SMILES string of the molecule is CCCCCCCCCCCCCCS.[Au+]. The summed E-state index contributed by atoms with van der Waals surface area (Å²) in [6, 6.07) is 0. The van der Waals surface area contributed by atoms with Crippen LogP contribution >= 0.6 is 12.6 Å². The van der Waals surface area contributed by atoms with Crippen molar-refractivity contribution in [1.82, 2.24) is 0 Å². The van der Waals surface area contributed by atoms with Gasteiger partial charge in [-0.3, -0.25) is 0 Å². The molecule has 0 heterocycles. The van der Waals surface area contributed by atoms with Crippen LogP contribution in [0.3, 0.4) is 0 Å². The quantitative estimate of drug-likeness (QED) is 0.234. The summed E-state index contributed by atoms with van der Waals surface area (Å²) < 4.78 is 0. The standard InChI is InChI=1S/C14H30S.Au/c1-2-3-4-5-6-7-8-9-10-11-12-13-14-15;/h15H,2-14H2,1H3;/q;+1. The van der Waals surface area contributed by atoms with Gasteiger partial charge in [0.25, 0.3) is 0 Å². The number of thiol groups is 1. The van der Waals surface area contributed by atoms with Crippen LogP contribution in [-0.4, -0.2) is 5.75 Å². The molecule has 0 aliphatic carbocycles. The van der Waals surface area contributed by atoms with E-state index in [1.54, 1.807) is 0 Å². The van der Waals surface area contributed by atoms with Crippen LogP contribution in [0.15, 0.2) is 0 Å². The van der Waals surface area contributed by atoms with Crippen molar-refractivity contribution >= 4 is 12.6 Å². The molecule has 0 nitrogen and oxygen atoms in total. The number of unbranched alkanes of at least 4 members (excludes halogenated alkanes) is 11. The first kappa shape index (κ1) is 19.4. The van der Waals surface area contributed by atoms with Gasteiger partial charge in [-0.2, -0.15) is 12.6 Å². The fourth-order valence-electron chi connectivity index (χ4n) is 1.95. The zero-order valence-corrected chi connectivity index (χ0v) is 14.0. The zero-order valence-electron chi connectivity index (χ0n) is 10.9. The molecule has 0 bridgehead atoms. The molecule has 2 heteroatoms. The van der Waals surface area contributed by atoms with Crippen LogP contribution in [0, 0.1) is 0 Å². The third-order valence-corrected chi connectivity index (χ3v) is 3.33. The third-order valence-electron chi connectivity index (χ3n) is 3.01. The molecule has 0 radical (unpaired) electrons. The van der Waals surface area contributed by atoms with Crippen LogP contribution in [0.25, 0.3) is 0 Å². The minimum Gasteiger partial charge on any atom is -0.179 e. The van der Waals surface area contributed by atoms with Gasteiger partial charge in [0, 0.05) is 0 Å². The third kappa shape index (κ3) is 17.5. The Morgan fingerprint density at radius 1 is 0.562 bits per heavy atom. The fraction of sp³-hybridized carbons (Fsp3) is 1.00. The molecule has 0 spiro atoms. The van der Waals surface area contributed by atoms with Crippen molar-refractivity contribution in [2.45, 2.75) is 84.0 Å². The van der Waals surface area contributed by atoms with E-state index in [1.165, 1.54) is 77.0 Å². The zero-order chi connectivity index (χ0) is 11.2. The van der Waals surface area contributed by atoms with Crippen molar-refractivity contribution in [2.24, 2.45) is 0 Å². The van der Waals surface area contributed by atoms with Crippen molar-refractivity contribution in [1.29, 1.82) is 0 Å². The Morgan fingerprint density at radius 3 is 1.19 bits per heavy atom. The Balaban J connectivity index is 0. The monoisotopic (exact) mass is 427 g/mol. The van der Waals surface area contributed by atoms with Crippen LogP contribution in [0.1, 0.15) is 84.0 Å². The van der Waals surface area contributed by atoms with Crippen molar-refractivity contribution in [2.75, 3.05) is 5.75 Å². The second-order valence-electron chi connectivity index (χ2n) is 4.61. The Bertz CT molecular complexity index is 94.9. The first-order valence-electron chi connectivity index (χ1n) is 7.02. The predicted molar refractivity (Wildman–Crippen MR) is 74.9 cm³/mol. The Kier molecular flexibility index (Phi) is 22.4. The molecule has 0 rings (SSSR count). The first-order chi connectivity index (χ1) is 7.41. The maximum Gasteiger partial charge on any atom is 1.00 e. The molecule has 16 heavy (non-hydrogen) atoms.